The summed E-state index contributed by atoms with van der Waals surface area (Å²) in [6.07, 6.45) is 5.91. The van der Waals surface area contributed by atoms with Crippen LogP contribution in [0.25, 0.3) is 0 Å². The van der Waals surface area contributed by atoms with Crippen LogP contribution in [0, 0.1) is 0 Å². The topological polar surface area (TPSA) is 91.0 Å². The molecule has 9 heteroatoms. The summed E-state index contributed by atoms with van der Waals surface area (Å²) in [6.45, 7) is 2.99. The molecule has 8 nitrogen and oxygen atoms in total. The van der Waals surface area contributed by atoms with Gasteiger partial charge in [0.25, 0.3) is 0 Å². The molecular formula is C21H31N5O3S. The molecule has 1 aromatic carbocycles. The maximum Gasteiger partial charge on any atom is 0.220 e. The van der Waals surface area contributed by atoms with Gasteiger partial charge >= 0.3 is 0 Å². The number of piperazine rings is 1. The summed E-state index contributed by atoms with van der Waals surface area (Å²) in [4.78, 5) is 6.48. The molecule has 1 fully saturated rings. The highest BCUT2D eigenvalue weighted by atomic mass is 32.2. The summed E-state index contributed by atoms with van der Waals surface area (Å²) < 4.78 is 31.4. The van der Waals surface area contributed by atoms with Gasteiger partial charge < -0.3 is 14.7 Å². The van der Waals surface area contributed by atoms with Crippen molar-refractivity contribution in [3.05, 3.63) is 53.9 Å². The van der Waals surface area contributed by atoms with E-state index in [1.807, 2.05) is 6.07 Å². The van der Waals surface area contributed by atoms with Crippen LogP contribution in [0.15, 0.2) is 52.2 Å². The van der Waals surface area contributed by atoms with Gasteiger partial charge in [-0.05, 0) is 24.8 Å². The number of guanidine groups is 1. The molecule has 1 aliphatic heterocycles. The van der Waals surface area contributed by atoms with E-state index < -0.39 is 10.0 Å². The summed E-state index contributed by atoms with van der Waals surface area (Å²) in [5, 5.41) is 7.12. The maximum atomic E-state index is 12.6. The minimum absolute atomic E-state index is 0.126. The molecule has 1 aliphatic rings. The third kappa shape index (κ3) is 6.56. The van der Waals surface area contributed by atoms with Gasteiger partial charge in [-0.15, -0.1) is 0 Å². The summed E-state index contributed by atoms with van der Waals surface area (Å²) in [5.41, 5.74) is 1.82. The number of rotatable bonds is 9. The molecule has 0 spiro atoms. The molecule has 164 valence electrons. The van der Waals surface area contributed by atoms with E-state index >= 15 is 0 Å². The lowest BCUT2D eigenvalue weighted by Crippen LogP contribution is -2.54. The van der Waals surface area contributed by atoms with Crippen molar-refractivity contribution >= 4 is 16.0 Å². The average molecular weight is 434 g/mol. The Labute approximate surface area is 179 Å². The van der Waals surface area contributed by atoms with Crippen molar-refractivity contribution in [2.24, 2.45) is 4.99 Å². The molecule has 3 rings (SSSR count). The number of aromatic nitrogens is 1. The summed E-state index contributed by atoms with van der Waals surface area (Å²) >= 11 is 0. The van der Waals surface area contributed by atoms with E-state index in [0.717, 1.165) is 31.8 Å². The Bertz CT molecular complexity index is 877. The second kappa shape index (κ2) is 11.1. The van der Waals surface area contributed by atoms with Gasteiger partial charge in [-0.1, -0.05) is 41.9 Å². The van der Waals surface area contributed by atoms with E-state index in [9.17, 15) is 8.42 Å². The number of nitrogens with zero attached hydrogens (tertiary/aromatic N) is 4. The number of aryl methyl sites for hydroxylation is 1. The van der Waals surface area contributed by atoms with Crippen molar-refractivity contribution in [1.29, 1.82) is 0 Å². The molecule has 1 aromatic heterocycles. The molecule has 1 N–H and O–H groups in total. The predicted molar refractivity (Wildman–Crippen MR) is 118 cm³/mol. The zero-order chi connectivity index (χ0) is 21.2. The fourth-order valence-electron chi connectivity index (χ4n) is 3.58. The summed E-state index contributed by atoms with van der Waals surface area (Å²) in [7, 11) is -1.62. The Kier molecular flexibility index (Phi) is 8.27. The molecule has 0 bridgehead atoms. The Hall–Kier alpha value is -2.39. The quantitative estimate of drug-likeness (QED) is 0.370. The van der Waals surface area contributed by atoms with Crippen molar-refractivity contribution in [2.45, 2.75) is 31.4 Å². The van der Waals surface area contributed by atoms with Gasteiger partial charge in [0, 0.05) is 45.8 Å². The van der Waals surface area contributed by atoms with Crippen molar-refractivity contribution < 1.29 is 12.9 Å². The highest BCUT2D eigenvalue weighted by Crippen LogP contribution is 2.13. The zero-order valence-electron chi connectivity index (χ0n) is 17.5. The summed E-state index contributed by atoms with van der Waals surface area (Å²) in [5.74, 6) is 0.714. The third-order valence-corrected chi connectivity index (χ3v) is 7.05. The number of aliphatic imine (C=N–C) groups is 1. The first-order chi connectivity index (χ1) is 14.6. The van der Waals surface area contributed by atoms with Crippen LogP contribution >= 0.6 is 0 Å². The molecule has 1 saturated heterocycles. The third-order valence-electron chi connectivity index (χ3n) is 5.23. The van der Waals surface area contributed by atoms with Crippen molar-refractivity contribution in [1.82, 2.24) is 19.7 Å². The molecule has 0 saturated carbocycles. The van der Waals surface area contributed by atoms with Crippen LogP contribution in [-0.2, 0) is 22.2 Å². The average Bonchev–Trinajstić information content (AvgIpc) is 3.26. The highest BCUT2D eigenvalue weighted by Gasteiger charge is 2.28. The van der Waals surface area contributed by atoms with Crippen LogP contribution in [0.4, 0.5) is 0 Å². The fraction of sp³-hybridized carbons (Fsp3) is 0.524. The maximum absolute atomic E-state index is 12.6. The standard InChI is InChI=1S/C21H31N5O3S/c1-22-21(23-12-7-3-6-10-19-8-4-2-5-9-19)25-13-15-26(16-14-25)30(27,28)18-20-11-17-29-24-20/h2,4-5,8-9,11,17H,3,6-7,10,12-16,18H2,1H3,(H,22,23). The fourth-order valence-corrected chi connectivity index (χ4v) is 5.00. The largest absolute Gasteiger partial charge is 0.364 e. The van der Waals surface area contributed by atoms with Crippen molar-refractivity contribution in [3.63, 3.8) is 0 Å². The van der Waals surface area contributed by atoms with E-state index in [4.69, 9.17) is 4.52 Å². The first-order valence-corrected chi connectivity index (χ1v) is 12.1. The smallest absolute Gasteiger partial charge is 0.220 e. The Morgan fingerprint density at radius 1 is 1.10 bits per heavy atom. The first-order valence-electron chi connectivity index (χ1n) is 10.4. The SMILES string of the molecule is CN=C(NCCCCCc1ccccc1)N1CCN(S(=O)(=O)Cc2ccon2)CC1. The Morgan fingerprint density at radius 2 is 1.87 bits per heavy atom. The van der Waals surface area contributed by atoms with E-state index in [-0.39, 0.29) is 5.75 Å². The van der Waals surface area contributed by atoms with Crippen LogP contribution in [-0.4, -0.2) is 68.5 Å². The van der Waals surface area contributed by atoms with E-state index in [2.05, 4.69) is 44.6 Å². The predicted octanol–water partition coefficient (Wildman–Crippen LogP) is 2.11. The van der Waals surface area contributed by atoms with Gasteiger partial charge in [-0.2, -0.15) is 4.31 Å². The van der Waals surface area contributed by atoms with Crippen LogP contribution in [0.3, 0.4) is 0 Å². The monoisotopic (exact) mass is 433 g/mol. The number of hydrogen-bond donors (Lipinski definition) is 1. The van der Waals surface area contributed by atoms with Gasteiger partial charge in [0.15, 0.2) is 5.96 Å². The Balaban J connectivity index is 1.35. The molecule has 30 heavy (non-hydrogen) atoms. The lowest BCUT2D eigenvalue weighted by atomic mass is 10.1. The number of sulfonamides is 1. The molecule has 2 aromatic rings. The van der Waals surface area contributed by atoms with Crippen LogP contribution in [0.2, 0.25) is 0 Å². The molecule has 0 unspecified atom stereocenters. The number of nitrogens with one attached hydrogen (secondary N) is 1. The normalized spacial score (nSPS) is 16.0. The van der Waals surface area contributed by atoms with E-state index in [0.29, 0.717) is 31.9 Å². The zero-order valence-corrected chi connectivity index (χ0v) is 18.4. The van der Waals surface area contributed by atoms with Crippen LogP contribution in [0.5, 0.6) is 0 Å². The number of benzene rings is 1. The Morgan fingerprint density at radius 3 is 2.53 bits per heavy atom. The molecule has 0 amide bonds. The lowest BCUT2D eigenvalue weighted by molar-refractivity contribution is 0.260. The lowest BCUT2D eigenvalue weighted by Gasteiger charge is -2.35. The van der Waals surface area contributed by atoms with E-state index in [1.165, 1.54) is 22.6 Å². The van der Waals surface area contributed by atoms with Crippen LogP contribution < -0.4 is 5.32 Å². The second-order valence-electron chi connectivity index (χ2n) is 7.40. The van der Waals surface area contributed by atoms with E-state index in [1.54, 1.807) is 13.1 Å². The molecule has 0 radical (unpaired) electrons. The van der Waals surface area contributed by atoms with Crippen molar-refractivity contribution in [3.8, 4) is 0 Å². The minimum Gasteiger partial charge on any atom is -0.364 e. The van der Waals surface area contributed by atoms with Gasteiger partial charge in [0.1, 0.15) is 12.0 Å². The molecule has 0 aliphatic carbocycles. The minimum atomic E-state index is -3.39. The van der Waals surface area contributed by atoms with Gasteiger partial charge in [0.2, 0.25) is 10.0 Å². The number of unbranched alkanes of at least 4 members (excludes halogenated alkanes) is 2. The number of hydrogen-bond acceptors (Lipinski definition) is 5. The molecule has 0 atom stereocenters. The van der Waals surface area contributed by atoms with Crippen LogP contribution in [0.1, 0.15) is 30.5 Å². The second-order valence-corrected chi connectivity index (χ2v) is 9.37. The van der Waals surface area contributed by atoms with Gasteiger partial charge in [-0.3, -0.25) is 4.99 Å². The first kappa shape index (κ1) is 22.3. The van der Waals surface area contributed by atoms with Gasteiger partial charge in [0.05, 0.1) is 5.69 Å². The van der Waals surface area contributed by atoms with Gasteiger partial charge in [-0.25, -0.2) is 8.42 Å². The summed E-state index contributed by atoms with van der Waals surface area (Å²) in [6, 6.07) is 12.1. The molecule has 2 heterocycles. The highest BCUT2D eigenvalue weighted by molar-refractivity contribution is 7.88. The molecular weight excluding hydrogens is 402 g/mol. The van der Waals surface area contributed by atoms with Crippen molar-refractivity contribution in [2.75, 3.05) is 39.8 Å².